The van der Waals surface area contributed by atoms with Crippen LogP contribution in [0.2, 0.25) is 0 Å². The summed E-state index contributed by atoms with van der Waals surface area (Å²) in [6.07, 6.45) is 0. The highest BCUT2D eigenvalue weighted by atomic mass is 16.3. The number of nitrogens with zero attached hydrogens (tertiary/aromatic N) is 3. The van der Waals surface area contributed by atoms with Gasteiger partial charge in [-0.2, -0.15) is 0 Å². The SMILES string of the molecule is Cc1cc2c(nc(-c3cccc4c3oc3ccccc34)n2-c2c(C(C)C)cc(-c3ccccc3)cc2C(C)C)c(C)n1. The van der Waals surface area contributed by atoms with E-state index < -0.39 is 0 Å². The van der Waals surface area contributed by atoms with Crippen molar-refractivity contribution in [1.29, 1.82) is 0 Å². The van der Waals surface area contributed by atoms with Gasteiger partial charge in [-0.3, -0.25) is 9.55 Å². The van der Waals surface area contributed by atoms with E-state index in [0.29, 0.717) is 0 Å². The van der Waals surface area contributed by atoms with E-state index in [4.69, 9.17) is 14.4 Å². The van der Waals surface area contributed by atoms with E-state index in [1.807, 2.05) is 12.1 Å². The second-order valence-corrected chi connectivity index (χ2v) is 11.9. The molecule has 0 spiro atoms. The molecule has 4 nitrogen and oxygen atoms in total. The summed E-state index contributed by atoms with van der Waals surface area (Å²) >= 11 is 0. The Morgan fingerprint density at radius 2 is 1.33 bits per heavy atom. The number of aromatic nitrogens is 3. The van der Waals surface area contributed by atoms with Crippen LogP contribution in [-0.2, 0) is 0 Å². The van der Waals surface area contributed by atoms with Gasteiger partial charge in [0.2, 0.25) is 0 Å². The molecule has 0 aliphatic carbocycles. The molecule has 208 valence electrons. The Bertz CT molecular complexity index is 2080. The van der Waals surface area contributed by atoms with Crippen LogP contribution in [-0.4, -0.2) is 14.5 Å². The first kappa shape index (κ1) is 26.2. The largest absolute Gasteiger partial charge is 0.455 e. The minimum absolute atomic E-state index is 0.289. The van der Waals surface area contributed by atoms with Crippen molar-refractivity contribution in [2.45, 2.75) is 53.4 Å². The van der Waals surface area contributed by atoms with Gasteiger partial charge in [-0.15, -0.1) is 0 Å². The highest BCUT2D eigenvalue weighted by Crippen LogP contribution is 2.42. The second kappa shape index (κ2) is 9.99. The minimum atomic E-state index is 0.289. The van der Waals surface area contributed by atoms with E-state index in [2.05, 4.69) is 125 Å². The lowest BCUT2D eigenvalue weighted by Gasteiger charge is -2.24. The maximum atomic E-state index is 6.54. The molecule has 42 heavy (non-hydrogen) atoms. The van der Waals surface area contributed by atoms with Crippen LogP contribution in [0.25, 0.3) is 61.2 Å². The molecule has 0 saturated heterocycles. The van der Waals surface area contributed by atoms with Gasteiger partial charge in [0.25, 0.3) is 0 Å². The Kier molecular flexibility index (Phi) is 6.23. The van der Waals surface area contributed by atoms with Gasteiger partial charge in [0.15, 0.2) is 0 Å². The minimum Gasteiger partial charge on any atom is -0.455 e. The highest BCUT2D eigenvalue weighted by Gasteiger charge is 2.26. The first-order valence-corrected chi connectivity index (χ1v) is 14.8. The fourth-order valence-corrected chi connectivity index (χ4v) is 6.33. The summed E-state index contributed by atoms with van der Waals surface area (Å²) in [5.41, 5.74) is 12.9. The van der Waals surface area contributed by atoms with E-state index in [1.165, 1.54) is 27.9 Å². The zero-order valence-corrected chi connectivity index (χ0v) is 25.1. The van der Waals surface area contributed by atoms with Crippen LogP contribution in [0.15, 0.2) is 95.4 Å². The zero-order valence-electron chi connectivity index (χ0n) is 25.1. The number of furan rings is 1. The van der Waals surface area contributed by atoms with Crippen molar-refractivity contribution in [3.05, 3.63) is 114 Å². The first-order chi connectivity index (χ1) is 20.3. The molecule has 7 aromatic rings. The van der Waals surface area contributed by atoms with E-state index in [-0.39, 0.29) is 11.8 Å². The van der Waals surface area contributed by atoms with Gasteiger partial charge >= 0.3 is 0 Å². The molecular weight excluding hydrogens is 514 g/mol. The number of imidazole rings is 1. The van der Waals surface area contributed by atoms with Gasteiger partial charge in [0.05, 0.1) is 22.5 Å². The summed E-state index contributed by atoms with van der Waals surface area (Å²) in [6, 6.07) is 32.3. The lowest BCUT2D eigenvalue weighted by atomic mass is 9.88. The predicted octanol–water partition coefficient (Wildman–Crippen LogP) is 10.5. The fourth-order valence-electron chi connectivity index (χ4n) is 6.33. The number of aryl methyl sites for hydroxylation is 2. The van der Waals surface area contributed by atoms with Gasteiger partial charge < -0.3 is 4.42 Å². The van der Waals surface area contributed by atoms with Crippen molar-refractivity contribution in [1.82, 2.24) is 14.5 Å². The third-order valence-electron chi connectivity index (χ3n) is 8.33. The van der Waals surface area contributed by atoms with Crippen molar-refractivity contribution in [2.75, 3.05) is 0 Å². The summed E-state index contributed by atoms with van der Waals surface area (Å²) in [6.45, 7) is 13.3. The maximum absolute atomic E-state index is 6.54. The number of hydrogen-bond donors (Lipinski definition) is 0. The molecule has 4 aromatic carbocycles. The van der Waals surface area contributed by atoms with Crippen LogP contribution in [0.1, 0.15) is 62.0 Å². The van der Waals surface area contributed by atoms with Gasteiger partial charge in [0.1, 0.15) is 22.5 Å². The highest BCUT2D eigenvalue weighted by molar-refractivity contribution is 6.09. The number of pyridine rings is 1. The molecule has 7 rings (SSSR count). The van der Waals surface area contributed by atoms with E-state index in [1.54, 1.807) is 0 Å². The molecule has 0 unspecified atom stereocenters. The molecular formula is C38H35N3O. The van der Waals surface area contributed by atoms with Crippen molar-refractivity contribution >= 4 is 33.0 Å². The first-order valence-electron chi connectivity index (χ1n) is 14.8. The molecule has 0 amide bonds. The van der Waals surface area contributed by atoms with Crippen LogP contribution in [0.5, 0.6) is 0 Å². The van der Waals surface area contributed by atoms with Crippen molar-refractivity contribution in [2.24, 2.45) is 0 Å². The fraction of sp³-hybridized carbons (Fsp3) is 0.211. The molecule has 0 bridgehead atoms. The Hall–Kier alpha value is -4.70. The number of fused-ring (bicyclic) bond motifs is 4. The zero-order chi connectivity index (χ0) is 29.1. The smallest absolute Gasteiger partial charge is 0.149 e. The van der Waals surface area contributed by atoms with Gasteiger partial charge in [-0.1, -0.05) is 88.4 Å². The topological polar surface area (TPSA) is 43.9 Å². The van der Waals surface area contributed by atoms with E-state index in [0.717, 1.165) is 55.7 Å². The Balaban J connectivity index is 1.63. The molecule has 3 heterocycles. The van der Waals surface area contributed by atoms with Crippen LogP contribution in [0.4, 0.5) is 0 Å². The van der Waals surface area contributed by atoms with Crippen molar-refractivity contribution in [3.63, 3.8) is 0 Å². The molecule has 0 aliphatic rings. The summed E-state index contributed by atoms with van der Waals surface area (Å²) in [5, 5.41) is 2.21. The second-order valence-electron chi connectivity index (χ2n) is 11.9. The molecule has 4 heteroatoms. The monoisotopic (exact) mass is 549 g/mol. The molecule has 3 aromatic heterocycles. The quantitative estimate of drug-likeness (QED) is 0.214. The summed E-state index contributed by atoms with van der Waals surface area (Å²) in [4.78, 5) is 10.2. The number of rotatable bonds is 5. The normalized spacial score (nSPS) is 12.0. The van der Waals surface area contributed by atoms with E-state index in [9.17, 15) is 0 Å². The summed E-state index contributed by atoms with van der Waals surface area (Å²) in [5.74, 6) is 1.45. The lowest BCUT2D eigenvalue weighted by molar-refractivity contribution is 0.669. The van der Waals surface area contributed by atoms with Crippen LogP contribution >= 0.6 is 0 Å². The third-order valence-corrected chi connectivity index (χ3v) is 8.33. The molecule has 0 aliphatic heterocycles. The Morgan fingerprint density at radius 3 is 2.05 bits per heavy atom. The predicted molar refractivity (Wildman–Crippen MR) is 175 cm³/mol. The van der Waals surface area contributed by atoms with Crippen molar-refractivity contribution in [3.8, 4) is 28.2 Å². The molecule has 0 fully saturated rings. The average Bonchev–Trinajstić information content (AvgIpc) is 3.55. The molecule has 0 atom stereocenters. The third kappa shape index (κ3) is 4.13. The van der Waals surface area contributed by atoms with Crippen LogP contribution in [0, 0.1) is 13.8 Å². The van der Waals surface area contributed by atoms with Crippen molar-refractivity contribution < 1.29 is 4.42 Å². The maximum Gasteiger partial charge on any atom is 0.149 e. The van der Waals surface area contributed by atoms with Crippen LogP contribution in [0.3, 0.4) is 0 Å². The van der Waals surface area contributed by atoms with Gasteiger partial charge in [-0.05, 0) is 78.3 Å². The molecule has 0 N–H and O–H groups in total. The summed E-state index contributed by atoms with van der Waals surface area (Å²) in [7, 11) is 0. The standard InChI is InChI=1S/C38H35N3O/c1-22(2)31-20-27(26-13-8-7-9-14-26)21-32(23(3)4)36(31)41-33-19-24(5)39-25(6)35(33)40-38(41)30-17-12-16-29-28-15-10-11-18-34(28)42-37(29)30/h7-23H,1-6H3. The van der Waals surface area contributed by atoms with Gasteiger partial charge in [-0.25, -0.2) is 4.98 Å². The van der Waals surface area contributed by atoms with Crippen LogP contribution < -0.4 is 0 Å². The lowest BCUT2D eigenvalue weighted by Crippen LogP contribution is -2.09. The molecule has 0 radical (unpaired) electrons. The Morgan fingerprint density at radius 1 is 0.667 bits per heavy atom. The average molecular weight is 550 g/mol. The molecule has 0 saturated carbocycles. The number of benzene rings is 4. The Labute approximate surface area is 246 Å². The van der Waals surface area contributed by atoms with E-state index >= 15 is 0 Å². The number of hydrogen-bond acceptors (Lipinski definition) is 3. The summed E-state index contributed by atoms with van der Waals surface area (Å²) < 4.78 is 8.93. The number of para-hydroxylation sites is 2. The van der Waals surface area contributed by atoms with Gasteiger partial charge in [0, 0.05) is 16.5 Å².